The van der Waals surface area contributed by atoms with E-state index in [-0.39, 0.29) is 0 Å². The minimum absolute atomic E-state index is 0.411. The lowest BCUT2D eigenvalue weighted by Gasteiger charge is -2.28. The Bertz CT molecular complexity index is 1040. The van der Waals surface area contributed by atoms with E-state index in [1.165, 1.54) is 72.5 Å². The van der Waals surface area contributed by atoms with Crippen LogP contribution in [0.1, 0.15) is 92.9 Å². The largest absolute Gasteiger partial charge is 0.344 e. The molecule has 0 spiro atoms. The fourth-order valence-electron chi connectivity index (χ4n) is 6.31. The van der Waals surface area contributed by atoms with E-state index in [4.69, 9.17) is 5.73 Å². The maximum absolute atomic E-state index is 6.13. The molecule has 5 rings (SSSR count). The fourth-order valence-corrected chi connectivity index (χ4v) is 6.31. The summed E-state index contributed by atoms with van der Waals surface area (Å²) in [6, 6.07) is 20.0. The summed E-state index contributed by atoms with van der Waals surface area (Å²) in [6.07, 6.45) is 15.2. The maximum atomic E-state index is 6.13. The van der Waals surface area contributed by atoms with Crippen LogP contribution in [-0.2, 0) is 0 Å². The Labute approximate surface area is 199 Å². The number of fused-ring (bicyclic) bond motifs is 1. The van der Waals surface area contributed by atoms with Crippen LogP contribution in [0, 0.1) is 6.92 Å². The van der Waals surface area contributed by atoms with Crippen molar-refractivity contribution in [2.45, 2.75) is 95.2 Å². The van der Waals surface area contributed by atoms with Gasteiger partial charge >= 0.3 is 0 Å². The van der Waals surface area contributed by atoms with E-state index >= 15 is 0 Å². The van der Waals surface area contributed by atoms with Crippen LogP contribution in [0.4, 0.5) is 0 Å². The first-order valence-corrected chi connectivity index (χ1v) is 13.3. The van der Waals surface area contributed by atoms with Gasteiger partial charge in [0, 0.05) is 41.1 Å². The highest BCUT2D eigenvalue weighted by Crippen LogP contribution is 2.39. The third-order valence-electron chi connectivity index (χ3n) is 8.20. The monoisotopic (exact) mass is 443 g/mol. The smallest absolute Gasteiger partial charge is 0.0485 e. The summed E-state index contributed by atoms with van der Waals surface area (Å²) in [4.78, 5) is 0. The SMILES string of the molecule is Cc1cccc(C(CCNC2CCC(N)CC2)c2cn(C3CCCCC3)c3ccccc23)c1. The van der Waals surface area contributed by atoms with Crippen molar-refractivity contribution in [1.82, 2.24) is 9.88 Å². The molecule has 1 aromatic heterocycles. The Morgan fingerprint density at radius 3 is 2.52 bits per heavy atom. The lowest BCUT2D eigenvalue weighted by Crippen LogP contribution is -2.38. The van der Waals surface area contributed by atoms with Crippen LogP contribution in [0.15, 0.2) is 54.7 Å². The first-order valence-electron chi connectivity index (χ1n) is 13.3. The number of hydrogen-bond donors (Lipinski definition) is 2. The molecular weight excluding hydrogens is 402 g/mol. The van der Waals surface area contributed by atoms with Gasteiger partial charge in [0.05, 0.1) is 0 Å². The Morgan fingerprint density at radius 1 is 0.939 bits per heavy atom. The van der Waals surface area contributed by atoms with E-state index < -0.39 is 0 Å². The first-order chi connectivity index (χ1) is 16.2. The van der Waals surface area contributed by atoms with Gasteiger partial charge < -0.3 is 15.6 Å². The number of benzene rings is 2. The molecule has 2 aliphatic carbocycles. The van der Waals surface area contributed by atoms with E-state index in [1.54, 1.807) is 0 Å². The number of aryl methyl sites for hydroxylation is 1. The molecule has 0 amide bonds. The average molecular weight is 444 g/mol. The molecule has 0 saturated heterocycles. The lowest BCUT2D eigenvalue weighted by molar-refractivity contribution is 0.340. The quantitative estimate of drug-likeness (QED) is 0.420. The Balaban J connectivity index is 1.44. The second-order valence-electron chi connectivity index (χ2n) is 10.6. The molecule has 0 bridgehead atoms. The highest BCUT2D eigenvalue weighted by atomic mass is 15.0. The summed E-state index contributed by atoms with van der Waals surface area (Å²) in [7, 11) is 0. The summed E-state index contributed by atoms with van der Waals surface area (Å²) in [5, 5.41) is 5.33. The van der Waals surface area contributed by atoms with Gasteiger partial charge in [-0.15, -0.1) is 0 Å². The van der Waals surface area contributed by atoms with Crippen molar-refractivity contribution in [2.24, 2.45) is 5.73 Å². The molecule has 33 heavy (non-hydrogen) atoms. The number of nitrogens with two attached hydrogens (primary N) is 1. The van der Waals surface area contributed by atoms with Gasteiger partial charge in [-0.25, -0.2) is 0 Å². The molecule has 2 aromatic carbocycles. The predicted octanol–water partition coefficient (Wildman–Crippen LogP) is 6.84. The van der Waals surface area contributed by atoms with Gasteiger partial charge in [-0.2, -0.15) is 0 Å². The fraction of sp³-hybridized carbons (Fsp3) is 0.533. The zero-order valence-corrected chi connectivity index (χ0v) is 20.3. The Kier molecular flexibility index (Phi) is 7.18. The second-order valence-corrected chi connectivity index (χ2v) is 10.6. The zero-order valence-electron chi connectivity index (χ0n) is 20.3. The van der Waals surface area contributed by atoms with Crippen molar-refractivity contribution in [3.8, 4) is 0 Å². The minimum atomic E-state index is 0.411. The maximum Gasteiger partial charge on any atom is 0.0485 e. The number of nitrogens with one attached hydrogen (secondary N) is 1. The molecule has 1 heterocycles. The van der Waals surface area contributed by atoms with Crippen LogP contribution < -0.4 is 11.1 Å². The van der Waals surface area contributed by atoms with Gasteiger partial charge in [-0.3, -0.25) is 0 Å². The van der Waals surface area contributed by atoms with Crippen molar-refractivity contribution in [2.75, 3.05) is 6.54 Å². The molecule has 176 valence electrons. The summed E-state index contributed by atoms with van der Waals surface area (Å²) >= 11 is 0. The highest BCUT2D eigenvalue weighted by molar-refractivity contribution is 5.85. The van der Waals surface area contributed by atoms with Crippen molar-refractivity contribution in [3.63, 3.8) is 0 Å². The number of aromatic nitrogens is 1. The number of para-hydroxylation sites is 1. The van der Waals surface area contributed by atoms with Crippen molar-refractivity contribution in [3.05, 3.63) is 71.4 Å². The van der Waals surface area contributed by atoms with Gasteiger partial charge in [0.15, 0.2) is 0 Å². The third kappa shape index (κ3) is 5.20. The molecule has 2 aliphatic rings. The van der Waals surface area contributed by atoms with E-state index in [0.29, 0.717) is 24.0 Å². The molecule has 1 atom stereocenters. The molecule has 2 fully saturated rings. The van der Waals surface area contributed by atoms with Gasteiger partial charge in [-0.05, 0) is 75.6 Å². The van der Waals surface area contributed by atoms with E-state index in [2.05, 4.69) is 71.5 Å². The summed E-state index contributed by atoms with van der Waals surface area (Å²) in [5.41, 5.74) is 11.9. The number of nitrogens with zero attached hydrogens (tertiary/aromatic N) is 1. The van der Waals surface area contributed by atoms with Gasteiger partial charge in [0.1, 0.15) is 0 Å². The highest BCUT2D eigenvalue weighted by Gasteiger charge is 2.24. The number of hydrogen-bond acceptors (Lipinski definition) is 2. The standard InChI is InChI=1S/C30H41N3/c1-22-8-7-9-23(20-22)27(18-19-32-25-16-14-24(31)15-17-25)29-21-33(26-10-3-2-4-11-26)30-13-6-5-12-28(29)30/h5-9,12-13,20-21,24-27,32H,2-4,10-11,14-19,31H2,1H3. The van der Waals surface area contributed by atoms with Crippen LogP contribution in [-0.4, -0.2) is 23.2 Å². The van der Waals surface area contributed by atoms with Crippen molar-refractivity contribution < 1.29 is 0 Å². The van der Waals surface area contributed by atoms with Crippen LogP contribution in [0.3, 0.4) is 0 Å². The molecule has 3 nitrogen and oxygen atoms in total. The average Bonchev–Trinajstić information content (AvgIpc) is 3.23. The van der Waals surface area contributed by atoms with Crippen LogP contribution in [0.25, 0.3) is 10.9 Å². The predicted molar refractivity (Wildman–Crippen MR) is 140 cm³/mol. The first kappa shape index (κ1) is 22.7. The second kappa shape index (κ2) is 10.4. The Morgan fingerprint density at radius 2 is 1.73 bits per heavy atom. The molecule has 3 N–H and O–H groups in total. The normalized spacial score (nSPS) is 23.1. The van der Waals surface area contributed by atoms with E-state index in [0.717, 1.165) is 25.8 Å². The van der Waals surface area contributed by atoms with Crippen LogP contribution in [0.5, 0.6) is 0 Å². The third-order valence-corrected chi connectivity index (χ3v) is 8.20. The van der Waals surface area contributed by atoms with Gasteiger partial charge in [0.2, 0.25) is 0 Å². The zero-order chi connectivity index (χ0) is 22.6. The topological polar surface area (TPSA) is 43.0 Å². The molecule has 2 saturated carbocycles. The summed E-state index contributed by atoms with van der Waals surface area (Å²) in [6.45, 7) is 3.27. The summed E-state index contributed by atoms with van der Waals surface area (Å²) < 4.78 is 2.63. The number of rotatable bonds is 7. The van der Waals surface area contributed by atoms with E-state index in [1.807, 2.05) is 0 Å². The molecule has 0 aliphatic heterocycles. The van der Waals surface area contributed by atoms with Crippen LogP contribution in [0.2, 0.25) is 0 Å². The minimum Gasteiger partial charge on any atom is -0.344 e. The van der Waals surface area contributed by atoms with Gasteiger partial charge in [-0.1, -0.05) is 67.3 Å². The molecule has 0 radical (unpaired) electrons. The molecule has 1 unspecified atom stereocenters. The van der Waals surface area contributed by atoms with Gasteiger partial charge in [0.25, 0.3) is 0 Å². The van der Waals surface area contributed by atoms with Crippen molar-refractivity contribution in [1.29, 1.82) is 0 Å². The Hall–Kier alpha value is -2.10. The lowest BCUT2D eigenvalue weighted by atomic mass is 9.87. The molecular formula is C30H41N3. The van der Waals surface area contributed by atoms with Crippen molar-refractivity contribution >= 4 is 10.9 Å². The van der Waals surface area contributed by atoms with Crippen LogP contribution >= 0.6 is 0 Å². The molecule has 3 heteroatoms. The molecule has 3 aromatic rings. The van der Waals surface area contributed by atoms with E-state index in [9.17, 15) is 0 Å². The summed E-state index contributed by atoms with van der Waals surface area (Å²) in [5.74, 6) is 0.415.